The predicted octanol–water partition coefficient (Wildman–Crippen LogP) is 2.85. The molecule has 0 amide bonds. The molecule has 1 heterocycles. The summed E-state index contributed by atoms with van der Waals surface area (Å²) in [4.78, 5) is 4.49. The first-order valence-corrected chi connectivity index (χ1v) is 7.94. The molecule has 0 saturated carbocycles. The van der Waals surface area contributed by atoms with Crippen molar-refractivity contribution in [2.75, 3.05) is 13.6 Å². The van der Waals surface area contributed by atoms with E-state index in [0.717, 1.165) is 19.4 Å². The van der Waals surface area contributed by atoms with Crippen molar-refractivity contribution >= 4 is 0 Å². The Morgan fingerprint density at radius 3 is 2.95 bits per heavy atom. The van der Waals surface area contributed by atoms with Gasteiger partial charge in [0.1, 0.15) is 5.82 Å². The molecule has 1 aromatic heterocycles. The minimum absolute atomic E-state index is 0.259. The van der Waals surface area contributed by atoms with Gasteiger partial charge in [-0.2, -0.15) is 0 Å². The molecule has 0 bridgehead atoms. The van der Waals surface area contributed by atoms with E-state index in [4.69, 9.17) is 0 Å². The molecular formula is C18H25N3. The van der Waals surface area contributed by atoms with Crippen molar-refractivity contribution in [3.63, 3.8) is 0 Å². The lowest BCUT2D eigenvalue weighted by molar-refractivity contribution is 0.321. The van der Waals surface area contributed by atoms with Crippen LogP contribution in [-0.2, 0) is 25.3 Å². The van der Waals surface area contributed by atoms with Crippen LogP contribution < -0.4 is 5.32 Å². The molecule has 1 unspecified atom stereocenters. The number of aromatic nitrogens is 2. The molecule has 0 spiro atoms. The average Bonchev–Trinajstić information content (AvgIpc) is 2.91. The number of likely N-dealkylation sites (N-methyl/N-ethyl adjacent to an activating group) is 1. The fourth-order valence-electron chi connectivity index (χ4n) is 3.87. The average molecular weight is 283 g/mol. The van der Waals surface area contributed by atoms with Crippen LogP contribution >= 0.6 is 0 Å². The minimum Gasteiger partial charge on any atom is -0.338 e. The fraction of sp³-hybridized carbons (Fsp3) is 0.500. The number of imidazole rings is 1. The molecule has 1 aromatic carbocycles. The van der Waals surface area contributed by atoms with Gasteiger partial charge in [-0.25, -0.2) is 4.98 Å². The second kappa shape index (κ2) is 6.02. The van der Waals surface area contributed by atoms with E-state index < -0.39 is 0 Å². The van der Waals surface area contributed by atoms with E-state index in [0.29, 0.717) is 0 Å². The third kappa shape index (κ3) is 2.75. The van der Waals surface area contributed by atoms with Crippen molar-refractivity contribution in [3.05, 3.63) is 53.6 Å². The highest BCUT2D eigenvalue weighted by atomic mass is 15.0. The molecule has 0 fully saturated rings. The van der Waals surface area contributed by atoms with Crippen LogP contribution in [0, 0.1) is 0 Å². The van der Waals surface area contributed by atoms with E-state index >= 15 is 0 Å². The summed E-state index contributed by atoms with van der Waals surface area (Å²) in [7, 11) is 4.15. The maximum atomic E-state index is 4.49. The summed E-state index contributed by atoms with van der Waals surface area (Å²) in [5, 5.41) is 3.44. The molecule has 1 aliphatic carbocycles. The van der Waals surface area contributed by atoms with Gasteiger partial charge in [-0.3, -0.25) is 0 Å². The maximum absolute atomic E-state index is 4.49. The lowest BCUT2D eigenvalue weighted by atomic mass is 9.67. The molecule has 2 aromatic rings. The Morgan fingerprint density at radius 2 is 2.19 bits per heavy atom. The van der Waals surface area contributed by atoms with Crippen molar-refractivity contribution in [2.45, 2.75) is 37.5 Å². The lowest BCUT2D eigenvalue weighted by Crippen LogP contribution is -2.40. The van der Waals surface area contributed by atoms with Gasteiger partial charge in [0, 0.05) is 37.8 Å². The lowest BCUT2D eigenvalue weighted by Gasteiger charge is -2.39. The topological polar surface area (TPSA) is 29.9 Å². The van der Waals surface area contributed by atoms with Crippen molar-refractivity contribution < 1.29 is 0 Å². The molecule has 3 heteroatoms. The van der Waals surface area contributed by atoms with Crippen LogP contribution in [0.5, 0.6) is 0 Å². The van der Waals surface area contributed by atoms with Crippen LogP contribution in [0.15, 0.2) is 36.7 Å². The standard InChI is InChI=1S/C18H25N3/c1-19-14-18(11-9-17-20-12-13-21(17)2)10-5-7-15-6-3-4-8-16(15)18/h3-4,6,8,12-13,19H,5,7,9-11,14H2,1-2H3. The van der Waals surface area contributed by atoms with Gasteiger partial charge in [-0.1, -0.05) is 24.3 Å². The molecule has 1 aliphatic rings. The summed E-state index contributed by atoms with van der Waals surface area (Å²) in [5.41, 5.74) is 3.36. The molecule has 112 valence electrons. The van der Waals surface area contributed by atoms with Gasteiger partial charge in [0.15, 0.2) is 0 Å². The van der Waals surface area contributed by atoms with Gasteiger partial charge in [-0.15, -0.1) is 0 Å². The van der Waals surface area contributed by atoms with Crippen LogP contribution in [0.1, 0.15) is 36.2 Å². The fourth-order valence-corrected chi connectivity index (χ4v) is 3.87. The Morgan fingerprint density at radius 1 is 1.33 bits per heavy atom. The van der Waals surface area contributed by atoms with Crippen LogP contribution in [0.25, 0.3) is 0 Å². The Hall–Kier alpha value is -1.61. The van der Waals surface area contributed by atoms with Gasteiger partial charge in [-0.05, 0) is 43.9 Å². The number of nitrogens with zero attached hydrogens (tertiary/aromatic N) is 2. The van der Waals surface area contributed by atoms with Gasteiger partial charge in [0.2, 0.25) is 0 Å². The number of benzene rings is 1. The highest BCUT2D eigenvalue weighted by Crippen LogP contribution is 2.40. The number of hydrogen-bond donors (Lipinski definition) is 1. The Kier molecular flexibility index (Phi) is 4.11. The highest BCUT2D eigenvalue weighted by molar-refractivity contribution is 5.37. The summed E-state index contributed by atoms with van der Waals surface area (Å²) in [6, 6.07) is 9.01. The second-order valence-electron chi connectivity index (χ2n) is 6.28. The number of rotatable bonds is 5. The number of nitrogens with one attached hydrogen (secondary N) is 1. The molecular weight excluding hydrogens is 258 g/mol. The minimum atomic E-state index is 0.259. The SMILES string of the molecule is CNCC1(CCc2nccn2C)CCCc2ccccc21. The largest absolute Gasteiger partial charge is 0.338 e. The summed E-state index contributed by atoms with van der Waals surface area (Å²) >= 11 is 0. The van der Waals surface area contributed by atoms with Crippen molar-refractivity contribution in [2.24, 2.45) is 7.05 Å². The number of aryl methyl sites for hydroxylation is 3. The van der Waals surface area contributed by atoms with E-state index in [1.54, 1.807) is 11.1 Å². The van der Waals surface area contributed by atoms with E-state index in [-0.39, 0.29) is 5.41 Å². The quantitative estimate of drug-likeness (QED) is 0.914. The molecule has 0 aliphatic heterocycles. The van der Waals surface area contributed by atoms with E-state index in [1.165, 1.54) is 25.1 Å². The maximum Gasteiger partial charge on any atom is 0.108 e. The Bertz CT molecular complexity index is 602. The first kappa shape index (κ1) is 14.3. The van der Waals surface area contributed by atoms with Crippen LogP contribution in [0.4, 0.5) is 0 Å². The third-order valence-corrected chi connectivity index (χ3v) is 4.95. The van der Waals surface area contributed by atoms with Gasteiger partial charge in [0.05, 0.1) is 0 Å². The Labute approximate surface area is 127 Å². The predicted molar refractivity (Wildman–Crippen MR) is 86.5 cm³/mol. The summed E-state index contributed by atoms with van der Waals surface area (Å²) in [6.07, 6.45) is 9.93. The normalized spacial score (nSPS) is 21.2. The molecule has 3 nitrogen and oxygen atoms in total. The number of fused-ring (bicyclic) bond motifs is 1. The summed E-state index contributed by atoms with van der Waals surface area (Å²) in [6.45, 7) is 1.05. The molecule has 1 atom stereocenters. The summed E-state index contributed by atoms with van der Waals surface area (Å²) in [5.74, 6) is 1.19. The van der Waals surface area contributed by atoms with Crippen LogP contribution in [0.2, 0.25) is 0 Å². The zero-order valence-corrected chi connectivity index (χ0v) is 13.1. The first-order valence-electron chi connectivity index (χ1n) is 7.94. The second-order valence-corrected chi connectivity index (χ2v) is 6.28. The molecule has 1 N–H and O–H groups in total. The highest BCUT2D eigenvalue weighted by Gasteiger charge is 2.35. The van der Waals surface area contributed by atoms with Crippen LogP contribution in [0.3, 0.4) is 0 Å². The molecule has 21 heavy (non-hydrogen) atoms. The van der Waals surface area contributed by atoms with E-state index in [9.17, 15) is 0 Å². The van der Waals surface area contributed by atoms with Gasteiger partial charge < -0.3 is 9.88 Å². The van der Waals surface area contributed by atoms with Crippen LogP contribution in [-0.4, -0.2) is 23.1 Å². The van der Waals surface area contributed by atoms with Gasteiger partial charge >= 0.3 is 0 Å². The Balaban J connectivity index is 1.88. The van der Waals surface area contributed by atoms with Gasteiger partial charge in [0.25, 0.3) is 0 Å². The van der Waals surface area contributed by atoms with E-state index in [2.05, 4.69) is 53.2 Å². The third-order valence-electron chi connectivity index (χ3n) is 4.95. The first-order chi connectivity index (χ1) is 10.2. The smallest absolute Gasteiger partial charge is 0.108 e. The van der Waals surface area contributed by atoms with Crippen molar-refractivity contribution in [1.82, 2.24) is 14.9 Å². The molecule has 0 radical (unpaired) electrons. The zero-order valence-electron chi connectivity index (χ0n) is 13.1. The molecule has 3 rings (SSSR count). The van der Waals surface area contributed by atoms with E-state index in [1.807, 2.05) is 12.4 Å². The summed E-state index contributed by atoms with van der Waals surface area (Å²) < 4.78 is 2.14. The monoisotopic (exact) mass is 283 g/mol. The van der Waals surface area contributed by atoms with Crippen molar-refractivity contribution in [3.8, 4) is 0 Å². The number of hydrogen-bond acceptors (Lipinski definition) is 2. The van der Waals surface area contributed by atoms with Crippen molar-refractivity contribution in [1.29, 1.82) is 0 Å². The zero-order chi connectivity index (χ0) is 14.7. The molecule has 0 saturated heterocycles.